The van der Waals surface area contributed by atoms with E-state index in [2.05, 4.69) is 21.7 Å². The van der Waals surface area contributed by atoms with Gasteiger partial charge in [-0.25, -0.2) is 14.4 Å². The zero-order valence-corrected chi connectivity index (χ0v) is 17.9. The van der Waals surface area contributed by atoms with Crippen molar-refractivity contribution < 1.29 is 9.50 Å². The van der Waals surface area contributed by atoms with Gasteiger partial charge in [0.25, 0.3) is 0 Å². The highest BCUT2D eigenvalue weighted by Crippen LogP contribution is 2.26. The molecule has 0 saturated carbocycles. The number of aromatic nitrogens is 2. The first kappa shape index (κ1) is 21.7. The summed E-state index contributed by atoms with van der Waals surface area (Å²) in [7, 11) is 0. The third-order valence-corrected chi connectivity index (χ3v) is 5.66. The minimum atomic E-state index is -0.248. The van der Waals surface area contributed by atoms with E-state index in [1.165, 1.54) is 6.07 Å². The van der Waals surface area contributed by atoms with Crippen molar-refractivity contribution in [2.24, 2.45) is 0 Å². The summed E-state index contributed by atoms with van der Waals surface area (Å²) in [5, 5.41) is 10.2. The quantitative estimate of drug-likeness (QED) is 0.735. The van der Waals surface area contributed by atoms with E-state index in [1.807, 2.05) is 26.0 Å². The molecule has 3 rings (SSSR count). The maximum Gasteiger partial charge on any atom is 0.136 e. The summed E-state index contributed by atoms with van der Waals surface area (Å²) in [6, 6.07) is 6.91. The van der Waals surface area contributed by atoms with Gasteiger partial charge in [0, 0.05) is 50.4 Å². The van der Waals surface area contributed by atoms with Crippen LogP contribution in [0.2, 0.25) is 0 Å². The molecule has 0 unspecified atom stereocenters. The van der Waals surface area contributed by atoms with Crippen LogP contribution in [0.1, 0.15) is 48.8 Å². The van der Waals surface area contributed by atoms with Crippen LogP contribution in [0, 0.1) is 19.7 Å². The lowest BCUT2D eigenvalue weighted by Crippen LogP contribution is -2.49. The number of β-amino-alcohol motifs (C(OH)–C–C–N with tert-alkyl or cyclic N) is 1. The Morgan fingerprint density at radius 2 is 1.83 bits per heavy atom. The molecule has 158 valence electrons. The summed E-state index contributed by atoms with van der Waals surface area (Å²) >= 11 is 0. The lowest BCUT2D eigenvalue weighted by molar-refractivity contribution is 0.100. The van der Waals surface area contributed by atoms with Crippen molar-refractivity contribution in [2.75, 3.05) is 37.6 Å². The van der Waals surface area contributed by atoms with Crippen LogP contribution in [0.5, 0.6) is 0 Å². The van der Waals surface area contributed by atoms with Gasteiger partial charge in [-0.3, -0.25) is 4.90 Å². The molecule has 0 radical (unpaired) electrons. The first-order valence-corrected chi connectivity index (χ1v) is 10.7. The molecule has 1 fully saturated rings. The van der Waals surface area contributed by atoms with Crippen molar-refractivity contribution in [1.29, 1.82) is 0 Å². The summed E-state index contributed by atoms with van der Waals surface area (Å²) in [5.74, 6) is 1.47. The highest BCUT2D eigenvalue weighted by molar-refractivity contribution is 5.51. The van der Waals surface area contributed by atoms with E-state index >= 15 is 0 Å². The molecular weight excluding hydrogens is 367 g/mol. The molecule has 0 aliphatic carbocycles. The third kappa shape index (κ3) is 5.73. The fourth-order valence-corrected chi connectivity index (χ4v) is 3.99. The zero-order chi connectivity index (χ0) is 20.8. The number of hydrogen-bond donors (Lipinski definition) is 1. The molecule has 5 nitrogen and oxygen atoms in total. The van der Waals surface area contributed by atoms with E-state index in [0.717, 1.165) is 74.9 Å². The predicted octanol–water partition coefficient (Wildman–Crippen LogP) is 3.50. The van der Waals surface area contributed by atoms with Gasteiger partial charge in [-0.15, -0.1) is 0 Å². The van der Waals surface area contributed by atoms with Gasteiger partial charge in [0.1, 0.15) is 17.5 Å². The molecule has 1 N–H and O–H groups in total. The van der Waals surface area contributed by atoms with Crippen LogP contribution in [-0.4, -0.2) is 58.8 Å². The zero-order valence-electron chi connectivity index (χ0n) is 17.9. The summed E-state index contributed by atoms with van der Waals surface area (Å²) in [4.78, 5) is 13.9. The molecule has 1 aliphatic rings. The molecule has 1 atom stereocenters. The van der Waals surface area contributed by atoms with Gasteiger partial charge in [0.15, 0.2) is 0 Å². The second kappa shape index (κ2) is 10.1. The Kier molecular flexibility index (Phi) is 7.56. The van der Waals surface area contributed by atoms with Gasteiger partial charge < -0.3 is 10.0 Å². The Morgan fingerprint density at radius 3 is 2.52 bits per heavy atom. The minimum Gasteiger partial charge on any atom is -0.392 e. The van der Waals surface area contributed by atoms with Crippen LogP contribution in [0.3, 0.4) is 0 Å². The molecule has 6 heteroatoms. The average Bonchev–Trinajstić information content (AvgIpc) is 2.70. The van der Waals surface area contributed by atoms with Crippen molar-refractivity contribution in [2.45, 2.75) is 52.6 Å². The molecule has 1 aliphatic heterocycles. The molecule has 0 amide bonds. The Morgan fingerprint density at radius 1 is 1.10 bits per heavy atom. The van der Waals surface area contributed by atoms with Crippen molar-refractivity contribution >= 4 is 5.82 Å². The van der Waals surface area contributed by atoms with E-state index in [4.69, 9.17) is 4.98 Å². The number of unbranched alkanes of at least 4 members (excludes halogenated alkanes) is 1. The van der Waals surface area contributed by atoms with E-state index in [0.29, 0.717) is 12.0 Å². The molecular formula is C23H33FN4O. The number of halogens is 1. The van der Waals surface area contributed by atoms with Crippen LogP contribution in [-0.2, 0) is 6.42 Å². The van der Waals surface area contributed by atoms with Gasteiger partial charge in [-0.2, -0.15) is 0 Å². The standard InChI is InChI=1S/C23H33FN4O/c1-4-5-9-20(29)16-27-11-13-28(14-12-27)23-21(17(2)25-18(3)26-23)15-19-8-6-7-10-22(19)24/h6-8,10,20,29H,4-5,9,11-16H2,1-3H3/t20-/m1/s1. The molecule has 29 heavy (non-hydrogen) atoms. The number of aryl methyl sites for hydroxylation is 2. The third-order valence-electron chi connectivity index (χ3n) is 5.66. The van der Waals surface area contributed by atoms with Gasteiger partial charge in [-0.05, 0) is 31.9 Å². The van der Waals surface area contributed by atoms with Crippen molar-refractivity contribution in [1.82, 2.24) is 14.9 Å². The number of rotatable bonds is 8. The summed E-state index contributed by atoms with van der Waals surface area (Å²) in [5.41, 5.74) is 2.58. The lowest BCUT2D eigenvalue weighted by atomic mass is 10.0. The van der Waals surface area contributed by atoms with Gasteiger partial charge in [-0.1, -0.05) is 38.0 Å². The maximum atomic E-state index is 14.2. The number of piperazine rings is 1. The van der Waals surface area contributed by atoms with E-state index in [1.54, 1.807) is 6.07 Å². The summed E-state index contributed by atoms with van der Waals surface area (Å²) < 4.78 is 14.2. The van der Waals surface area contributed by atoms with Crippen LogP contribution < -0.4 is 4.90 Å². The second-order valence-electron chi connectivity index (χ2n) is 8.01. The van der Waals surface area contributed by atoms with Crippen LogP contribution in [0.4, 0.5) is 10.2 Å². The molecule has 0 bridgehead atoms. The molecule has 1 aromatic carbocycles. The van der Waals surface area contributed by atoms with Crippen molar-refractivity contribution in [3.63, 3.8) is 0 Å². The predicted molar refractivity (Wildman–Crippen MR) is 115 cm³/mol. The summed E-state index contributed by atoms with van der Waals surface area (Å²) in [6.07, 6.45) is 3.29. The highest BCUT2D eigenvalue weighted by atomic mass is 19.1. The summed E-state index contributed by atoms with van der Waals surface area (Å²) in [6.45, 7) is 10.3. The van der Waals surface area contributed by atoms with Gasteiger partial charge >= 0.3 is 0 Å². The average molecular weight is 401 g/mol. The Labute approximate surface area is 173 Å². The Bertz CT molecular complexity index is 805. The maximum absolute atomic E-state index is 14.2. The Balaban J connectivity index is 1.72. The Hall–Kier alpha value is -2.05. The van der Waals surface area contributed by atoms with Crippen molar-refractivity contribution in [3.8, 4) is 0 Å². The first-order chi connectivity index (χ1) is 14.0. The van der Waals surface area contributed by atoms with Crippen LogP contribution in [0.15, 0.2) is 24.3 Å². The highest BCUT2D eigenvalue weighted by Gasteiger charge is 2.23. The van der Waals surface area contributed by atoms with Crippen LogP contribution in [0.25, 0.3) is 0 Å². The first-order valence-electron chi connectivity index (χ1n) is 10.7. The molecule has 0 spiro atoms. The van der Waals surface area contributed by atoms with Crippen LogP contribution >= 0.6 is 0 Å². The van der Waals surface area contributed by atoms with E-state index in [9.17, 15) is 9.50 Å². The number of benzene rings is 1. The van der Waals surface area contributed by atoms with Gasteiger partial charge in [0.2, 0.25) is 0 Å². The molecule has 2 heterocycles. The fraction of sp³-hybridized carbons (Fsp3) is 0.565. The van der Waals surface area contributed by atoms with Crippen molar-refractivity contribution in [3.05, 3.63) is 52.7 Å². The number of hydrogen-bond acceptors (Lipinski definition) is 5. The number of nitrogens with zero attached hydrogens (tertiary/aromatic N) is 4. The molecule has 1 saturated heterocycles. The lowest BCUT2D eigenvalue weighted by Gasteiger charge is -2.37. The fourth-order valence-electron chi connectivity index (χ4n) is 3.99. The largest absolute Gasteiger partial charge is 0.392 e. The minimum absolute atomic E-state index is 0.190. The number of anilines is 1. The second-order valence-corrected chi connectivity index (χ2v) is 8.01. The topological polar surface area (TPSA) is 52.5 Å². The van der Waals surface area contributed by atoms with Gasteiger partial charge in [0.05, 0.1) is 6.10 Å². The molecule has 1 aromatic heterocycles. The smallest absolute Gasteiger partial charge is 0.136 e. The monoisotopic (exact) mass is 400 g/mol. The number of aliphatic hydroxyl groups is 1. The molecule has 2 aromatic rings. The van der Waals surface area contributed by atoms with E-state index < -0.39 is 0 Å². The normalized spacial score (nSPS) is 16.2. The van der Waals surface area contributed by atoms with E-state index in [-0.39, 0.29) is 11.9 Å². The number of aliphatic hydroxyl groups excluding tert-OH is 1. The SMILES string of the molecule is CCCC[C@@H](O)CN1CCN(c2nc(C)nc(C)c2Cc2ccccc2F)CC1.